The van der Waals surface area contributed by atoms with Crippen molar-refractivity contribution in [3.05, 3.63) is 104 Å². The topological polar surface area (TPSA) is 66.1 Å². The molecule has 1 fully saturated rings. The van der Waals surface area contributed by atoms with Crippen molar-refractivity contribution in [1.29, 1.82) is 0 Å². The molecule has 6 heteroatoms. The molecule has 3 aromatic rings. The average molecular weight is 432 g/mol. The van der Waals surface area contributed by atoms with Gasteiger partial charge in [-0.05, 0) is 42.2 Å². The number of aromatic nitrogens is 2. The molecule has 1 saturated carbocycles. The Bertz CT molecular complexity index is 1230. The van der Waals surface area contributed by atoms with E-state index in [1.54, 1.807) is 23.1 Å². The highest BCUT2D eigenvalue weighted by atomic mass is 35.5. The Balaban J connectivity index is 1.36. The molecule has 1 amide bonds. The predicted octanol–water partition coefficient (Wildman–Crippen LogP) is 4.10. The summed E-state index contributed by atoms with van der Waals surface area (Å²) in [6, 6.07) is 17.5. The van der Waals surface area contributed by atoms with Crippen molar-refractivity contribution >= 4 is 23.6 Å². The molecule has 1 aliphatic carbocycles. The zero-order valence-electron chi connectivity index (χ0n) is 17.0. The normalized spacial score (nSPS) is 16.9. The van der Waals surface area contributed by atoms with Gasteiger partial charge in [0.1, 0.15) is 5.82 Å². The van der Waals surface area contributed by atoms with Crippen LogP contribution >= 0.6 is 11.6 Å². The van der Waals surface area contributed by atoms with Gasteiger partial charge in [-0.1, -0.05) is 54.1 Å². The number of carbonyl (C=O) groups is 1. The second-order valence-corrected chi connectivity index (χ2v) is 8.62. The SMILES string of the molecule is O=C(C=Cc1cccc(Cl)c1)N1CCc2nc(C3(c4ccccc4)CC3)[nH]c(=O)c2C1. The zero-order valence-corrected chi connectivity index (χ0v) is 17.7. The van der Waals surface area contributed by atoms with Crippen molar-refractivity contribution in [2.75, 3.05) is 6.54 Å². The van der Waals surface area contributed by atoms with Gasteiger partial charge in [0, 0.05) is 24.1 Å². The van der Waals surface area contributed by atoms with Crippen LogP contribution < -0.4 is 5.56 Å². The van der Waals surface area contributed by atoms with Crippen LogP contribution in [0.4, 0.5) is 0 Å². The molecule has 0 spiro atoms. The monoisotopic (exact) mass is 431 g/mol. The minimum absolute atomic E-state index is 0.128. The summed E-state index contributed by atoms with van der Waals surface area (Å²) in [5, 5.41) is 0.624. The first-order chi connectivity index (χ1) is 15.0. The van der Waals surface area contributed by atoms with Gasteiger partial charge in [-0.2, -0.15) is 0 Å². The van der Waals surface area contributed by atoms with Crippen LogP contribution in [0.1, 0.15) is 41.1 Å². The number of hydrogen-bond donors (Lipinski definition) is 1. The van der Waals surface area contributed by atoms with Gasteiger partial charge < -0.3 is 9.88 Å². The number of rotatable bonds is 4. The van der Waals surface area contributed by atoms with E-state index in [-0.39, 0.29) is 23.4 Å². The van der Waals surface area contributed by atoms with Crippen molar-refractivity contribution in [3.8, 4) is 0 Å². The number of halogens is 1. The first-order valence-corrected chi connectivity index (χ1v) is 10.8. The number of nitrogens with zero attached hydrogens (tertiary/aromatic N) is 2. The van der Waals surface area contributed by atoms with Gasteiger partial charge in [0.05, 0.1) is 23.2 Å². The molecule has 0 radical (unpaired) electrons. The molecule has 0 bridgehead atoms. The Labute approximate surface area is 185 Å². The summed E-state index contributed by atoms with van der Waals surface area (Å²) < 4.78 is 0. The van der Waals surface area contributed by atoms with E-state index in [2.05, 4.69) is 17.1 Å². The molecule has 5 nitrogen and oxygen atoms in total. The van der Waals surface area contributed by atoms with Crippen LogP contribution in [-0.2, 0) is 23.2 Å². The number of benzene rings is 2. The molecular formula is C25H22ClN3O2. The fourth-order valence-electron chi connectivity index (χ4n) is 4.27. The first kappa shape index (κ1) is 19.8. The standard InChI is InChI=1S/C25H22ClN3O2/c26-19-8-4-5-17(15-19)9-10-22(30)29-14-11-21-20(16-29)23(31)28-24(27-21)25(12-13-25)18-6-2-1-3-7-18/h1-10,15H,11-14,16H2,(H,27,28,31). The molecule has 0 atom stereocenters. The minimum Gasteiger partial charge on any atom is -0.334 e. The summed E-state index contributed by atoms with van der Waals surface area (Å²) in [6.45, 7) is 0.814. The first-order valence-electron chi connectivity index (χ1n) is 10.5. The fraction of sp³-hybridized carbons (Fsp3) is 0.240. The van der Waals surface area contributed by atoms with E-state index in [0.29, 0.717) is 23.6 Å². The molecule has 1 N–H and O–H groups in total. The zero-order chi connectivity index (χ0) is 21.4. The summed E-state index contributed by atoms with van der Waals surface area (Å²) in [7, 11) is 0. The summed E-state index contributed by atoms with van der Waals surface area (Å²) in [4.78, 5) is 35.1. The number of carbonyl (C=O) groups excluding carboxylic acids is 1. The Morgan fingerprint density at radius 3 is 2.68 bits per heavy atom. The molecule has 31 heavy (non-hydrogen) atoms. The van der Waals surface area contributed by atoms with Gasteiger partial charge in [-0.3, -0.25) is 9.59 Å². The second-order valence-electron chi connectivity index (χ2n) is 8.19. The summed E-state index contributed by atoms with van der Waals surface area (Å²) in [6.07, 6.45) is 5.82. The maximum absolute atomic E-state index is 12.9. The second kappa shape index (κ2) is 7.82. The number of nitrogens with one attached hydrogen (secondary N) is 1. The fourth-order valence-corrected chi connectivity index (χ4v) is 4.47. The Morgan fingerprint density at radius 2 is 1.94 bits per heavy atom. The molecule has 0 unspecified atom stereocenters. The van der Waals surface area contributed by atoms with E-state index in [1.165, 1.54) is 11.6 Å². The molecule has 0 saturated heterocycles. The van der Waals surface area contributed by atoms with Crippen LogP contribution in [0, 0.1) is 0 Å². The molecule has 5 rings (SSSR count). The summed E-state index contributed by atoms with van der Waals surface area (Å²) in [5.74, 6) is 0.625. The lowest BCUT2D eigenvalue weighted by atomic mass is 9.94. The highest BCUT2D eigenvalue weighted by Crippen LogP contribution is 2.51. The van der Waals surface area contributed by atoms with Crippen molar-refractivity contribution in [3.63, 3.8) is 0 Å². The predicted molar refractivity (Wildman–Crippen MR) is 121 cm³/mol. The van der Waals surface area contributed by atoms with E-state index in [0.717, 1.165) is 29.9 Å². The van der Waals surface area contributed by atoms with Gasteiger partial charge in [0.25, 0.3) is 5.56 Å². The lowest BCUT2D eigenvalue weighted by Crippen LogP contribution is -2.39. The largest absolute Gasteiger partial charge is 0.334 e. The number of H-pyrrole nitrogens is 1. The maximum Gasteiger partial charge on any atom is 0.256 e. The smallest absolute Gasteiger partial charge is 0.256 e. The summed E-state index contributed by atoms with van der Waals surface area (Å²) in [5.41, 5.74) is 3.13. The van der Waals surface area contributed by atoms with E-state index < -0.39 is 0 Å². The molecule has 2 aromatic carbocycles. The third-order valence-corrected chi connectivity index (χ3v) is 6.41. The molecular weight excluding hydrogens is 410 g/mol. The Kier molecular flexibility index (Phi) is 4.98. The van der Waals surface area contributed by atoms with Crippen molar-refractivity contribution in [1.82, 2.24) is 14.9 Å². The van der Waals surface area contributed by atoms with Crippen molar-refractivity contribution in [2.24, 2.45) is 0 Å². The van der Waals surface area contributed by atoms with Crippen LogP contribution in [0.3, 0.4) is 0 Å². The Morgan fingerprint density at radius 1 is 1.13 bits per heavy atom. The van der Waals surface area contributed by atoms with Crippen molar-refractivity contribution < 1.29 is 4.79 Å². The van der Waals surface area contributed by atoms with Crippen LogP contribution in [0.2, 0.25) is 5.02 Å². The Hall–Kier alpha value is -3.18. The lowest BCUT2D eigenvalue weighted by molar-refractivity contribution is -0.126. The van der Waals surface area contributed by atoms with Gasteiger partial charge in [-0.25, -0.2) is 4.98 Å². The van der Waals surface area contributed by atoms with Crippen LogP contribution in [0.15, 0.2) is 65.5 Å². The van der Waals surface area contributed by atoms with Gasteiger partial charge >= 0.3 is 0 Å². The van der Waals surface area contributed by atoms with Crippen molar-refractivity contribution in [2.45, 2.75) is 31.2 Å². The van der Waals surface area contributed by atoms with E-state index in [4.69, 9.17) is 16.6 Å². The molecule has 2 heterocycles. The molecule has 1 aliphatic heterocycles. The number of aromatic amines is 1. The van der Waals surface area contributed by atoms with E-state index in [1.807, 2.05) is 30.3 Å². The maximum atomic E-state index is 12.9. The highest BCUT2D eigenvalue weighted by Gasteiger charge is 2.48. The number of amides is 1. The highest BCUT2D eigenvalue weighted by molar-refractivity contribution is 6.30. The minimum atomic E-state index is -0.178. The molecule has 2 aliphatic rings. The quantitative estimate of drug-likeness (QED) is 0.632. The van der Waals surface area contributed by atoms with Gasteiger partial charge in [0.2, 0.25) is 5.91 Å². The average Bonchev–Trinajstić information content (AvgIpc) is 3.60. The van der Waals surface area contributed by atoms with Gasteiger partial charge in [0.15, 0.2) is 0 Å². The van der Waals surface area contributed by atoms with E-state index >= 15 is 0 Å². The molecule has 156 valence electrons. The van der Waals surface area contributed by atoms with Crippen LogP contribution in [0.25, 0.3) is 6.08 Å². The lowest BCUT2D eigenvalue weighted by Gasteiger charge is -2.27. The number of hydrogen-bond acceptors (Lipinski definition) is 3. The summed E-state index contributed by atoms with van der Waals surface area (Å²) >= 11 is 6.00. The number of fused-ring (bicyclic) bond motifs is 1. The third-order valence-electron chi connectivity index (χ3n) is 6.18. The molecule has 1 aromatic heterocycles. The van der Waals surface area contributed by atoms with Crippen LogP contribution in [0.5, 0.6) is 0 Å². The van der Waals surface area contributed by atoms with E-state index in [9.17, 15) is 9.59 Å². The van der Waals surface area contributed by atoms with Crippen LogP contribution in [-0.4, -0.2) is 27.3 Å². The third kappa shape index (κ3) is 3.81. The van der Waals surface area contributed by atoms with Gasteiger partial charge in [-0.15, -0.1) is 0 Å².